The fraction of sp³-hybridized carbons (Fsp3) is 0.467. The Morgan fingerprint density at radius 2 is 1.90 bits per heavy atom. The number of ether oxygens (including phenoxy) is 1. The summed E-state index contributed by atoms with van der Waals surface area (Å²) in [6.45, 7) is 0. The fourth-order valence-electron chi connectivity index (χ4n) is 2.66. The lowest BCUT2D eigenvalue weighted by Gasteiger charge is -2.34. The largest absolute Gasteiger partial charge is 0.507 e. The van der Waals surface area contributed by atoms with Gasteiger partial charge in [-0.15, -0.1) is 0 Å². The van der Waals surface area contributed by atoms with Crippen molar-refractivity contribution in [1.29, 1.82) is 0 Å². The zero-order valence-corrected chi connectivity index (χ0v) is 11.9. The Morgan fingerprint density at radius 3 is 2.43 bits per heavy atom. The lowest BCUT2D eigenvalue weighted by atomic mass is 9.81. The van der Waals surface area contributed by atoms with Crippen LogP contribution in [-0.4, -0.2) is 34.7 Å². The van der Waals surface area contributed by atoms with Gasteiger partial charge in [0, 0.05) is 6.07 Å². The number of methoxy groups -OCH3 is 1. The molecule has 0 unspecified atom stereocenters. The zero-order chi connectivity index (χ0) is 15.5. The van der Waals surface area contributed by atoms with Gasteiger partial charge in [0.1, 0.15) is 17.0 Å². The molecule has 3 N–H and O–H groups in total. The number of carbonyl (C=O) groups excluding carboxylic acids is 1. The van der Waals surface area contributed by atoms with Crippen LogP contribution in [0.4, 0.5) is 0 Å². The summed E-state index contributed by atoms with van der Waals surface area (Å²) in [7, 11) is 1.45. The fourth-order valence-corrected chi connectivity index (χ4v) is 2.66. The molecule has 0 heterocycles. The van der Waals surface area contributed by atoms with Gasteiger partial charge in [-0.05, 0) is 25.0 Å². The Bertz CT molecular complexity index is 549. The molecule has 114 valence electrons. The van der Waals surface area contributed by atoms with Gasteiger partial charge in [-0.3, -0.25) is 4.79 Å². The molecule has 6 heteroatoms. The van der Waals surface area contributed by atoms with Gasteiger partial charge < -0.3 is 20.3 Å². The van der Waals surface area contributed by atoms with Crippen molar-refractivity contribution in [2.24, 2.45) is 0 Å². The second-order valence-electron chi connectivity index (χ2n) is 5.29. The van der Waals surface area contributed by atoms with E-state index >= 15 is 0 Å². The van der Waals surface area contributed by atoms with Gasteiger partial charge in [0.05, 0.1) is 12.7 Å². The average Bonchev–Trinajstić information content (AvgIpc) is 2.47. The Labute approximate surface area is 122 Å². The molecular weight excluding hydrogens is 274 g/mol. The van der Waals surface area contributed by atoms with E-state index in [-0.39, 0.29) is 11.3 Å². The van der Waals surface area contributed by atoms with Crippen LogP contribution in [0.1, 0.15) is 42.5 Å². The number of benzene rings is 1. The van der Waals surface area contributed by atoms with Crippen LogP contribution < -0.4 is 10.1 Å². The maximum absolute atomic E-state index is 12.3. The monoisotopic (exact) mass is 293 g/mol. The highest BCUT2D eigenvalue weighted by Gasteiger charge is 2.41. The predicted octanol–water partition coefficient (Wildman–Crippen LogP) is 1.92. The second-order valence-corrected chi connectivity index (χ2v) is 5.29. The first kappa shape index (κ1) is 15.2. The minimum atomic E-state index is -1.23. The summed E-state index contributed by atoms with van der Waals surface area (Å²) in [5.74, 6) is -1.42. The number of hydrogen-bond acceptors (Lipinski definition) is 4. The van der Waals surface area contributed by atoms with Crippen LogP contribution in [0.25, 0.3) is 0 Å². The molecule has 0 saturated heterocycles. The molecule has 1 amide bonds. The number of carbonyl (C=O) groups is 2. The molecule has 0 radical (unpaired) electrons. The molecule has 1 aliphatic rings. The van der Waals surface area contributed by atoms with Crippen LogP contribution in [0, 0.1) is 0 Å². The van der Waals surface area contributed by atoms with E-state index < -0.39 is 17.4 Å². The van der Waals surface area contributed by atoms with E-state index in [9.17, 15) is 19.8 Å². The molecule has 6 nitrogen and oxygen atoms in total. The van der Waals surface area contributed by atoms with Crippen molar-refractivity contribution in [2.75, 3.05) is 7.11 Å². The number of carboxylic acids is 1. The highest BCUT2D eigenvalue weighted by molar-refractivity contribution is 6.00. The third-order valence-corrected chi connectivity index (χ3v) is 3.92. The van der Waals surface area contributed by atoms with Crippen molar-refractivity contribution in [1.82, 2.24) is 5.32 Å². The molecule has 1 aliphatic carbocycles. The zero-order valence-electron chi connectivity index (χ0n) is 11.9. The first-order valence-corrected chi connectivity index (χ1v) is 6.91. The van der Waals surface area contributed by atoms with Crippen molar-refractivity contribution < 1.29 is 24.5 Å². The van der Waals surface area contributed by atoms with Crippen molar-refractivity contribution in [3.05, 3.63) is 23.8 Å². The molecule has 0 bridgehead atoms. The molecule has 2 rings (SSSR count). The van der Waals surface area contributed by atoms with E-state index in [2.05, 4.69) is 5.32 Å². The molecule has 0 aliphatic heterocycles. The number of aliphatic carboxylic acids is 1. The molecule has 0 aromatic heterocycles. The maximum atomic E-state index is 12.3. The molecule has 21 heavy (non-hydrogen) atoms. The van der Waals surface area contributed by atoms with E-state index in [0.29, 0.717) is 18.6 Å². The summed E-state index contributed by atoms with van der Waals surface area (Å²) < 4.78 is 4.95. The SMILES string of the molecule is COc1ccc(C(=O)NC2(C(=O)O)CCCCC2)c(O)c1. The number of phenols is 1. The molecule has 0 atom stereocenters. The molecule has 1 aromatic rings. The van der Waals surface area contributed by atoms with E-state index in [4.69, 9.17) is 4.74 Å². The highest BCUT2D eigenvalue weighted by Crippen LogP contribution is 2.30. The number of phenolic OH excluding ortho intramolecular Hbond substituents is 1. The average molecular weight is 293 g/mol. The van der Waals surface area contributed by atoms with E-state index in [0.717, 1.165) is 19.3 Å². The Balaban J connectivity index is 2.21. The normalized spacial score (nSPS) is 17.0. The minimum Gasteiger partial charge on any atom is -0.507 e. The predicted molar refractivity (Wildman–Crippen MR) is 75.6 cm³/mol. The van der Waals surface area contributed by atoms with Crippen LogP contribution in [0.3, 0.4) is 0 Å². The number of nitrogens with one attached hydrogen (secondary N) is 1. The van der Waals surface area contributed by atoms with Gasteiger partial charge in [-0.25, -0.2) is 4.79 Å². The summed E-state index contributed by atoms with van der Waals surface area (Å²) >= 11 is 0. The molecule has 1 saturated carbocycles. The van der Waals surface area contributed by atoms with E-state index in [1.54, 1.807) is 6.07 Å². The van der Waals surface area contributed by atoms with Gasteiger partial charge in [0.2, 0.25) is 0 Å². The van der Waals surface area contributed by atoms with Crippen molar-refractivity contribution in [3.8, 4) is 11.5 Å². The van der Waals surface area contributed by atoms with Gasteiger partial charge >= 0.3 is 5.97 Å². The first-order valence-electron chi connectivity index (χ1n) is 6.91. The maximum Gasteiger partial charge on any atom is 0.329 e. The number of rotatable bonds is 4. The standard InChI is InChI=1S/C15H19NO5/c1-21-10-5-6-11(12(17)9-10)13(18)16-15(14(19)20)7-3-2-4-8-15/h5-6,9,17H,2-4,7-8H2,1H3,(H,16,18)(H,19,20). The quantitative estimate of drug-likeness (QED) is 0.788. The van der Waals surface area contributed by atoms with E-state index in [1.165, 1.54) is 19.2 Å². The van der Waals surface area contributed by atoms with Crippen LogP contribution >= 0.6 is 0 Å². The van der Waals surface area contributed by atoms with Gasteiger partial charge in [-0.1, -0.05) is 19.3 Å². The summed E-state index contributed by atoms with van der Waals surface area (Å²) in [4.78, 5) is 23.8. The van der Waals surface area contributed by atoms with Crippen LogP contribution in [0.15, 0.2) is 18.2 Å². The number of carboxylic acid groups (broad SMARTS) is 1. The Hall–Kier alpha value is -2.24. The first-order chi connectivity index (χ1) is 9.98. The molecule has 1 fully saturated rings. The molecule has 1 aromatic carbocycles. The van der Waals surface area contributed by atoms with Gasteiger partial charge in [-0.2, -0.15) is 0 Å². The van der Waals surface area contributed by atoms with Crippen LogP contribution in [0.5, 0.6) is 11.5 Å². The molecule has 0 spiro atoms. The molecular formula is C15H19NO5. The summed E-state index contributed by atoms with van der Waals surface area (Å²) in [6, 6.07) is 4.29. The highest BCUT2D eigenvalue weighted by atomic mass is 16.5. The van der Waals surface area contributed by atoms with Crippen molar-refractivity contribution in [3.63, 3.8) is 0 Å². The lowest BCUT2D eigenvalue weighted by Crippen LogP contribution is -2.55. The number of aromatic hydroxyl groups is 1. The van der Waals surface area contributed by atoms with Gasteiger partial charge in [0.15, 0.2) is 0 Å². The van der Waals surface area contributed by atoms with Crippen LogP contribution in [0.2, 0.25) is 0 Å². The number of amides is 1. The number of hydrogen-bond donors (Lipinski definition) is 3. The topological polar surface area (TPSA) is 95.9 Å². The van der Waals surface area contributed by atoms with E-state index in [1.807, 2.05) is 0 Å². The second kappa shape index (κ2) is 6.03. The lowest BCUT2D eigenvalue weighted by molar-refractivity contribution is -0.145. The van der Waals surface area contributed by atoms with Gasteiger partial charge in [0.25, 0.3) is 5.91 Å². The smallest absolute Gasteiger partial charge is 0.329 e. The summed E-state index contributed by atoms with van der Waals surface area (Å²) in [6.07, 6.45) is 3.32. The third kappa shape index (κ3) is 3.09. The minimum absolute atomic E-state index is 0.0435. The summed E-state index contributed by atoms with van der Waals surface area (Å²) in [5, 5.41) is 21.9. The van der Waals surface area contributed by atoms with Crippen molar-refractivity contribution in [2.45, 2.75) is 37.6 Å². The van der Waals surface area contributed by atoms with Crippen molar-refractivity contribution >= 4 is 11.9 Å². The Morgan fingerprint density at radius 1 is 1.24 bits per heavy atom. The third-order valence-electron chi connectivity index (χ3n) is 3.92. The van der Waals surface area contributed by atoms with Crippen LogP contribution in [-0.2, 0) is 4.79 Å². The summed E-state index contributed by atoms with van der Waals surface area (Å²) in [5.41, 5.74) is -1.19. The Kier molecular flexibility index (Phi) is 4.35.